The smallest absolute Gasteiger partial charge is 0.238 e. The first-order valence-electron chi connectivity index (χ1n) is 8.22. The van der Waals surface area contributed by atoms with Crippen LogP contribution in [0, 0.1) is 5.82 Å². The molecule has 0 aliphatic rings. The van der Waals surface area contributed by atoms with E-state index in [0.29, 0.717) is 6.54 Å². The lowest BCUT2D eigenvalue weighted by Crippen LogP contribution is -2.27. The van der Waals surface area contributed by atoms with E-state index in [4.69, 9.17) is 0 Å². The zero-order chi connectivity index (χ0) is 17.4. The maximum Gasteiger partial charge on any atom is 0.238 e. The fourth-order valence-electron chi connectivity index (χ4n) is 2.47. The van der Waals surface area contributed by atoms with Crippen molar-refractivity contribution in [3.8, 4) is 0 Å². The van der Waals surface area contributed by atoms with Crippen LogP contribution in [0.2, 0.25) is 0 Å². The molecule has 0 bridgehead atoms. The van der Waals surface area contributed by atoms with Gasteiger partial charge in [-0.15, -0.1) is 0 Å². The van der Waals surface area contributed by atoms with Crippen molar-refractivity contribution in [2.24, 2.45) is 0 Å². The Morgan fingerprint density at radius 3 is 2.21 bits per heavy atom. The van der Waals surface area contributed by atoms with E-state index >= 15 is 0 Å². The largest absolute Gasteiger partial charge is 0.372 e. The summed E-state index contributed by atoms with van der Waals surface area (Å²) in [6.07, 6.45) is 0. The Balaban J connectivity index is 1.78. The van der Waals surface area contributed by atoms with E-state index < -0.39 is 0 Å². The number of rotatable bonds is 8. The average molecular weight is 329 g/mol. The van der Waals surface area contributed by atoms with Gasteiger partial charge in [-0.2, -0.15) is 0 Å². The zero-order valence-corrected chi connectivity index (χ0v) is 14.2. The van der Waals surface area contributed by atoms with Crippen LogP contribution in [0.3, 0.4) is 0 Å². The van der Waals surface area contributed by atoms with E-state index in [1.807, 2.05) is 24.3 Å². The van der Waals surface area contributed by atoms with Crippen molar-refractivity contribution in [1.29, 1.82) is 0 Å². The molecule has 0 saturated heterocycles. The van der Waals surface area contributed by atoms with Crippen LogP contribution < -0.4 is 15.5 Å². The number of carbonyl (C=O) groups excluding carboxylic acids is 1. The summed E-state index contributed by atoms with van der Waals surface area (Å²) in [5.74, 6) is -0.364. The molecule has 4 nitrogen and oxygen atoms in total. The number of amides is 1. The molecule has 0 atom stereocenters. The summed E-state index contributed by atoms with van der Waals surface area (Å²) in [4.78, 5) is 14.2. The van der Waals surface area contributed by atoms with Gasteiger partial charge >= 0.3 is 0 Å². The van der Waals surface area contributed by atoms with Crippen molar-refractivity contribution < 1.29 is 9.18 Å². The molecule has 0 spiro atoms. The molecule has 2 aromatic rings. The van der Waals surface area contributed by atoms with E-state index in [0.717, 1.165) is 30.0 Å². The van der Waals surface area contributed by atoms with Crippen LogP contribution in [0.25, 0.3) is 0 Å². The summed E-state index contributed by atoms with van der Waals surface area (Å²) in [6.45, 7) is 6.87. The highest BCUT2D eigenvalue weighted by atomic mass is 19.1. The van der Waals surface area contributed by atoms with Gasteiger partial charge in [-0.3, -0.25) is 4.79 Å². The van der Waals surface area contributed by atoms with Gasteiger partial charge in [-0.05, 0) is 55.8 Å². The summed E-state index contributed by atoms with van der Waals surface area (Å²) in [6, 6.07) is 14.1. The molecule has 0 heterocycles. The van der Waals surface area contributed by atoms with E-state index in [1.54, 1.807) is 12.1 Å². The van der Waals surface area contributed by atoms with Gasteiger partial charge in [0.2, 0.25) is 5.91 Å². The topological polar surface area (TPSA) is 44.4 Å². The highest BCUT2D eigenvalue weighted by Gasteiger charge is 2.04. The molecule has 0 saturated carbocycles. The highest BCUT2D eigenvalue weighted by molar-refractivity contribution is 5.92. The number of nitrogens with zero attached hydrogens (tertiary/aromatic N) is 1. The molecule has 5 heteroatoms. The zero-order valence-electron chi connectivity index (χ0n) is 14.2. The van der Waals surface area contributed by atoms with Crippen LogP contribution >= 0.6 is 0 Å². The van der Waals surface area contributed by atoms with E-state index in [-0.39, 0.29) is 18.3 Å². The van der Waals surface area contributed by atoms with Crippen molar-refractivity contribution in [1.82, 2.24) is 5.32 Å². The Kier molecular flexibility index (Phi) is 6.75. The third-order valence-electron chi connectivity index (χ3n) is 3.81. The van der Waals surface area contributed by atoms with E-state index in [1.165, 1.54) is 12.1 Å². The molecular formula is C19H24FN3O. The van der Waals surface area contributed by atoms with Gasteiger partial charge in [0.15, 0.2) is 0 Å². The third-order valence-corrected chi connectivity index (χ3v) is 3.81. The molecule has 24 heavy (non-hydrogen) atoms. The normalized spacial score (nSPS) is 10.5. The lowest BCUT2D eigenvalue weighted by molar-refractivity contribution is -0.115. The van der Waals surface area contributed by atoms with Crippen LogP contribution in [-0.4, -0.2) is 25.5 Å². The Morgan fingerprint density at radius 2 is 1.62 bits per heavy atom. The SMILES string of the molecule is CCN(CC)c1ccc(NC(=O)CNCc2ccc(F)cc2)cc1. The number of hydrogen-bond donors (Lipinski definition) is 2. The first-order valence-corrected chi connectivity index (χ1v) is 8.22. The second-order valence-corrected chi connectivity index (χ2v) is 5.50. The third kappa shape index (κ3) is 5.35. The maximum absolute atomic E-state index is 12.8. The summed E-state index contributed by atoms with van der Waals surface area (Å²) in [7, 11) is 0. The van der Waals surface area contributed by atoms with Crippen molar-refractivity contribution in [3.63, 3.8) is 0 Å². The second kappa shape index (κ2) is 9.03. The lowest BCUT2D eigenvalue weighted by atomic mass is 10.2. The monoisotopic (exact) mass is 329 g/mol. The number of nitrogens with one attached hydrogen (secondary N) is 2. The summed E-state index contributed by atoms with van der Waals surface area (Å²) < 4.78 is 12.8. The van der Waals surface area contributed by atoms with Crippen molar-refractivity contribution in [2.75, 3.05) is 29.9 Å². The van der Waals surface area contributed by atoms with Gasteiger partial charge in [0.05, 0.1) is 6.54 Å². The molecular weight excluding hydrogens is 305 g/mol. The molecule has 0 unspecified atom stereocenters. The minimum absolute atomic E-state index is 0.104. The number of anilines is 2. The number of halogens is 1. The van der Waals surface area contributed by atoms with Gasteiger partial charge in [0.25, 0.3) is 0 Å². The van der Waals surface area contributed by atoms with Crippen LogP contribution in [0.1, 0.15) is 19.4 Å². The Labute approximate surface area is 142 Å². The lowest BCUT2D eigenvalue weighted by Gasteiger charge is -2.21. The first kappa shape index (κ1) is 17.9. The standard InChI is InChI=1S/C19H24FN3O/c1-3-23(4-2)18-11-9-17(10-12-18)22-19(24)14-21-13-15-5-7-16(20)8-6-15/h5-12,21H,3-4,13-14H2,1-2H3,(H,22,24). The molecule has 0 aliphatic heterocycles. The second-order valence-electron chi connectivity index (χ2n) is 5.50. The highest BCUT2D eigenvalue weighted by Crippen LogP contribution is 2.17. The van der Waals surface area contributed by atoms with Gasteiger partial charge in [-0.25, -0.2) is 4.39 Å². The molecule has 2 aromatic carbocycles. The van der Waals surface area contributed by atoms with Crippen LogP contribution in [0.15, 0.2) is 48.5 Å². The summed E-state index contributed by atoms with van der Waals surface area (Å²) >= 11 is 0. The molecule has 1 amide bonds. The van der Waals surface area contributed by atoms with Crippen molar-refractivity contribution in [3.05, 3.63) is 59.9 Å². The molecule has 2 rings (SSSR count). The van der Waals surface area contributed by atoms with Crippen LogP contribution in [-0.2, 0) is 11.3 Å². The molecule has 2 N–H and O–H groups in total. The molecule has 0 radical (unpaired) electrons. The van der Waals surface area contributed by atoms with Gasteiger partial charge < -0.3 is 15.5 Å². The fraction of sp³-hybridized carbons (Fsp3) is 0.316. The Hall–Kier alpha value is -2.40. The van der Waals surface area contributed by atoms with Gasteiger partial charge in [-0.1, -0.05) is 12.1 Å². The van der Waals surface area contributed by atoms with E-state index in [2.05, 4.69) is 29.4 Å². The molecule has 0 aromatic heterocycles. The van der Waals surface area contributed by atoms with Crippen LogP contribution in [0.5, 0.6) is 0 Å². The number of benzene rings is 2. The van der Waals surface area contributed by atoms with Gasteiger partial charge in [0, 0.05) is 31.0 Å². The summed E-state index contributed by atoms with van der Waals surface area (Å²) in [5.41, 5.74) is 2.86. The first-order chi connectivity index (χ1) is 11.6. The fourth-order valence-corrected chi connectivity index (χ4v) is 2.47. The summed E-state index contributed by atoms with van der Waals surface area (Å²) in [5, 5.41) is 5.91. The molecule has 0 aliphatic carbocycles. The molecule has 0 fully saturated rings. The maximum atomic E-state index is 12.8. The van der Waals surface area contributed by atoms with Crippen molar-refractivity contribution in [2.45, 2.75) is 20.4 Å². The number of carbonyl (C=O) groups is 1. The van der Waals surface area contributed by atoms with E-state index in [9.17, 15) is 9.18 Å². The molecule has 128 valence electrons. The predicted octanol–water partition coefficient (Wildman–Crippen LogP) is 3.40. The van der Waals surface area contributed by atoms with Crippen LogP contribution in [0.4, 0.5) is 15.8 Å². The predicted molar refractivity (Wildman–Crippen MR) is 96.7 cm³/mol. The Bertz CT molecular complexity index is 637. The van der Waals surface area contributed by atoms with Gasteiger partial charge in [0.1, 0.15) is 5.82 Å². The Morgan fingerprint density at radius 1 is 1.00 bits per heavy atom. The minimum Gasteiger partial charge on any atom is -0.372 e. The average Bonchev–Trinajstić information content (AvgIpc) is 2.59. The van der Waals surface area contributed by atoms with Crippen molar-refractivity contribution >= 4 is 17.3 Å². The number of hydrogen-bond acceptors (Lipinski definition) is 3. The quantitative estimate of drug-likeness (QED) is 0.780. The minimum atomic E-state index is -0.260.